The Balaban J connectivity index is 2.25. The fourth-order valence-corrected chi connectivity index (χ4v) is 2.64. The zero-order chi connectivity index (χ0) is 15.5. The summed E-state index contributed by atoms with van der Waals surface area (Å²) in [6, 6.07) is 5.21. The molecule has 21 heavy (non-hydrogen) atoms. The van der Waals surface area contributed by atoms with Crippen LogP contribution in [0.25, 0.3) is 0 Å². The SMILES string of the molecule is OCC(NCc1cccs1)c1ccc(F)cc1C(F)(F)F. The van der Waals surface area contributed by atoms with Crippen LogP contribution in [0, 0.1) is 5.82 Å². The van der Waals surface area contributed by atoms with E-state index in [1.165, 1.54) is 11.3 Å². The Morgan fingerprint density at radius 1 is 1.24 bits per heavy atom. The van der Waals surface area contributed by atoms with Crippen LogP contribution in [0.4, 0.5) is 17.6 Å². The van der Waals surface area contributed by atoms with E-state index in [4.69, 9.17) is 0 Å². The van der Waals surface area contributed by atoms with Gasteiger partial charge in [0.2, 0.25) is 0 Å². The molecule has 1 aromatic carbocycles. The minimum atomic E-state index is -4.67. The van der Waals surface area contributed by atoms with Crippen LogP contribution in [-0.4, -0.2) is 11.7 Å². The minimum absolute atomic E-state index is 0.164. The van der Waals surface area contributed by atoms with Crippen molar-refractivity contribution in [2.24, 2.45) is 0 Å². The molecule has 0 fully saturated rings. The van der Waals surface area contributed by atoms with Crippen LogP contribution in [-0.2, 0) is 12.7 Å². The molecule has 0 aliphatic carbocycles. The topological polar surface area (TPSA) is 32.3 Å². The number of hydrogen-bond donors (Lipinski definition) is 2. The van der Waals surface area contributed by atoms with Crippen LogP contribution in [0.1, 0.15) is 22.0 Å². The number of benzene rings is 1. The maximum absolute atomic E-state index is 13.1. The molecule has 1 unspecified atom stereocenters. The Kier molecular flexibility index (Phi) is 4.97. The molecule has 2 aromatic rings. The van der Waals surface area contributed by atoms with Crippen LogP contribution in [0.3, 0.4) is 0 Å². The van der Waals surface area contributed by atoms with Crippen molar-refractivity contribution in [2.75, 3.05) is 6.61 Å². The number of halogens is 4. The predicted molar refractivity (Wildman–Crippen MR) is 72.4 cm³/mol. The summed E-state index contributed by atoms with van der Waals surface area (Å²) in [6.07, 6.45) is -4.67. The van der Waals surface area contributed by atoms with Gasteiger partial charge in [-0.05, 0) is 29.1 Å². The number of alkyl halides is 3. The third-order valence-corrected chi connectivity index (χ3v) is 3.86. The first-order valence-electron chi connectivity index (χ1n) is 6.15. The Morgan fingerprint density at radius 2 is 2.00 bits per heavy atom. The molecule has 0 amide bonds. The highest BCUT2D eigenvalue weighted by Crippen LogP contribution is 2.35. The normalized spacial score (nSPS) is 13.4. The molecule has 0 aliphatic rings. The smallest absolute Gasteiger partial charge is 0.394 e. The van der Waals surface area contributed by atoms with Gasteiger partial charge in [0.05, 0.1) is 18.2 Å². The summed E-state index contributed by atoms with van der Waals surface area (Å²) in [4.78, 5) is 0.934. The molecule has 2 rings (SSSR count). The molecule has 2 N–H and O–H groups in total. The van der Waals surface area contributed by atoms with Gasteiger partial charge in [-0.2, -0.15) is 13.2 Å². The third-order valence-electron chi connectivity index (χ3n) is 2.98. The molecule has 0 bridgehead atoms. The Bertz CT molecular complexity index is 583. The molecule has 1 atom stereocenters. The van der Waals surface area contributed by atoms with Gasteiger partial charge < -0.3 is 10.4 Å². The molecular weight excluding hydrogens is 306 g/mol. The van der Waals surface area contributed by atoms with Crippen molar-refractivity contribution in [2.45, 2.75) is 18.8 Å². The highest BCUT2D eigenvalue weighted by Gasteiger charge is 2.35. The van der Waals surface area contributed by atoms with Crippen LogP contribution >= 0.6 is 11.3 Å². The number of nitrogens with one attached hydrogen (secondary N) is 1. The summed E-state index contributed by atoms with van der Waals surface area (Å²) in [6.45, 7) is -0.183. The van der Waals surface area contributed by atoms with Gasteiger partial charge in [-0.25, -0.2) is 4.39 Å². The lowest BCUT2D eigenvalue weighted by molar-refractivity contribution is -0.138. The molecule has 0 saturated carbocycles. The number of aliphatic hydroxyl groups is 1. The van der Waals surface area contributed by atoms with E-state index in [1.54, 1.807) is 0 Å². The van der Waals surface area contributed by atoms with Crippen LogP contribution in [0.5, 0.6) is 0 Å². The standard InChI is InChI=1S/C14H13F4NOS/c15-9-3-4-11(12(6-9)14(16,17)18)13(8-20)19-7-10-2-1-5-21-10/h1-6,13,19-20H,7-8H2. The molecular formula is C14H13F4NOS. The average molecular weight is 319 g/mol. The Labute approximate surface area is 123 Å². The van der Waals surface area contributed by atoms with Crippen molar-refractivity contribution in [1.82, 2.24) is 5.32 Å². The first-order valence-corrected chi connectivity index (χ1v) is 7.03. The van der Waals surface area contributed by atoms with E-state index >= 15 is 0 Å². The summed E-state index contributed by atoms with van der Waals surface area (Å²) in [5.74, 6) is -0.957. The van der Waals surface area contributed by atoms with Crippen LogP contribution in [0.2, 0.25) is 0 Å². The molecule has 7 heteroatoms. The van der Waals surface area contributed by atoms with Gasteiger partial charge in [0.25, 0.3) is 0 Å². The van der Waals surface area contributed by atoms with E-state index < -0.39 is 30.2 Å². The molecule has 1 heterocycles. The second-order valence-corrected chi connectivity index (χ2v) is 5.46. The molecule has 0 radical (unpaired) electrons. The maximum Gasteiger partial charge on any atom is 0.416 e. The van der Waals surface area contributed by atoms with Crippen LogP contribution < -0.4 is 5.32 Å². The average Bonchev–Trinajstić information content (AvgIpc) is 2.93. The van der Waals surface area contributed by atoms with E-state index in [0.29, 0.717) is 12.6 Å². The minimum Gasteiger partial charge on any atom is -0.394 e. The van der Waals surface area contributed by atoms with E-state index in [1.807, 2.05) is 17.5 Å². The maximum atomic E-state index is 13.1. The van der Waals surface area contributed by atoms with Crippen LogP contribution in [0.15, 0.2) is 35.7 Å². The largest absolute Gasteiger partial charge is 0.416 e. The van der Waals surface area contributed by atoms with Gasteiger partial charge >= 0.3 is 6.18 Å². The third kappa shape index (κ3) is 4.03. The van der Waals surface area contributed by atoms with Crippen molar-refractivity contribution >= 4 is 11.3 Å². The summed E-state index contributed by atoms with van der Waals surface area (Å²) in [5.41, 5.74) is -1.23. The zero-order valence-electron chi connectivity index (χ0n) is 10.8. The summed E-state index contributed by atoms with van der Waals surface area (Å²) in [5, 5.41) is 14.1. The van der Waals surface area contributed by atoms with Gasteiger partial charge in [-0.1, -0.05) is 12.1 Å². The quantitative estimate of drug-likeness (QED) is 0.823. The molecule has 1 aromatic heterocycles. The summed E-state index contributed by atoms with van der Waals surface area (Å²) in [7, 11) is 0. The van der Waals surface area contributed by atoms with Crippen molar-refractivity contribution < 1.29 is 22.7 Å². The second kappa shape index (κ2) is 6.55. The molecule has 0 aliphatic heterocycles. The summed E-state index contributed by atoms with van der Waals surface area (Å²) < 4.78 is 52.0. The molecule has 114 valence electrons. The number of rotatable bonds is 5. The highest BCUT2D eigenvalue weighted by atomic mass is 32.1. The van der Waals surface area contributed by atoms with E-state index in [2.05, 4.69) is 5.32 Å². The first-order chi connectivity index (χ1) is 9.91. The monoisotopic (exact) mass is 319 g/mol. The van der Waals surface area contributed by atoms with Gasteiger partial charge in [-0.3, -0.25) is 0 Å². The first kappa shape index (κ1) is 15.9. The lowest BCUT2D eigenvalue weighted by Gasteiger charge is -2.21. The van der Waals surface area contributed by atoms with Gasteiger partial charge in [0, 0.05) is 11.4 Å². The van der Waals surface area contributed by atoms with Crippen molar-refractivity contribution in [3.05, 3.63) is 57.5 Å². The lowest BCUT2D eigenvalue weighted by atomic mass is 10.00. The van der Waals surface area contributed by atoms with Gasteiger partial charge in [0.1, 0.15) is 5.82 Å². The molecule has 0 saturated heterocycles. The number of hydrogen-bond acceptors (Lipinski definition) is 3. The Hall–Kier alpha value is -1.44. The van der Waals surface area contributed by atoms with E-state index in [0.717, 1.165) is 17.0 Å². The molecule has 2 nitrogen and oxygen atoms in total. The van der Waals surface area contributed by atoms with Gasteiger partial charge in [0.15, 0.2) is 0 Å². The fraction of sp³-hybridized carbons (Fsp3) is 0.286. The summed E-state index contributed by atoms with van der Waals surface area (Å²) >= 11 is 1.46. The Morgan fingerprint density at radius 3 is 2.57 bits per heavy atom. The molecule has 0 spiro atoms. The van der Waals surface area contributed by atoms with E-state index in [9.17, 15) is 22.7 Å². The number of aliphatic hydroxyl groups excluding tert-OH is 1. The van der Waals surface area contributed by atoms with Gasteiger partial charge in [-0.15, -0.1) is 11.3 Å². The zero-order valence-corrected chi connectivity index (χ0v) is 11.6. The van der Waals surface area contributed by atoms with Crippen molar-refractivity contribution in [3.63, 3.8) is 0 Å². The second-order valence-electron chi connectivity index (χ2n) is 4.42. The highest BCUT2D eigenvalue weighted by molar-refractivity contribution is 7.09. The van der Waals surface area contributed by atoms with E-state index in [-0.39, 0.29) is 5.56 Å². The van der Waals surface area contributed by atoms with Crippen molar-refractivity contribution in [1.29, 1.82) is 0 Å². The lowest BCUT2D eigenvalue weighted by Crippen LogP contribution is -2.26. The fourth-order valence-electron chi connectivity index (χ4n) is 1.99. The van der Waals surface area contributed by atoms with Crippen molar-refractivity contribution in [3.8, 4) is 0 Å². The predicted octanol–water partition coefficient (Wildman–Crippen LogP) is 3.73. The number of thiophene rings is 1.